The second-order valence-corrected chi connectivity index (χ2v) is 7.23. The van der Waals surface area contributed by atoms with Crippen molar-refractivity contribution in [3.8, 4) is 5.82 Å². The second-order valence-electron chi connectivity index (χ2n) is 7.23. The summed E-state index contributed by atoms with van der Waals surface area (Å²) in [5, 5.41) is 12.4. The van der Waals surface area contributed by atoms with Gasteiger partial charge in [0.1, 0.15) is 11.0 Å². The van der Waals surface area contributed by atoms with Gasteiger partial charge in [0, 0.05) is 19.6 Å². The van der Waals surface area contributed by atoms with Gasteiger partial charge < -0.3 is 20.3 Å². The van der Waals surface area contributed by atoms with E-state index in [1.165, 1.54) is 4.90 Å². The number of likely N-dealkylation sites (tertiary alicyclic amines) is 1. The monoisotopic (exact) mass is 393 g/mol. The van der Waals surface area contributed by atoms with Crippen LogP contribution in [0.2, 0.25) is 0 Å². The number of nitrogens with zero attached hydrogens (tertiary/aromatic N) is 5. The Morgan fingerprint density at radius 2 is 2.07 bits per heavy atom. The minimum absolute atomic E-state index is 0.383. The Bertz CT molecular complexity index is 1180. The fourth-order valence-corrected chi connectivity index (χ4v) is 3.82. The third-order valence-electron chi connectivity index (χ3n) is 5.44. The smallest absolute Gasteiger partial charge is 0.407 e. The minimum atomic E-state index is -0.843. The van der Waals surface area contributed by atoms with Gasteiger partial charge in [0.25, 0.3) is 5.82 Å². The molecular weight excluding hydrogens is 372 g/mol. The van der Waals surface area contributed by atoms with Gasteiger partial charge in [-0.25, -0.2) is 9.78 Å². The SMILES string of the molecule is O=C(O)N1CCC(CNc2nc(-[n+]3c[nH]c4ccccc43)c3[nH]cnc3n2)CC1. The molecule has 1 amide bonds. The normalized spacial score (nSPS) is 15.2. The molecule has 4 heterocycles. The lowest BCUT2D eigenvalue weighted by Gasteiger charge is -2.29. The number of piperidine rings is 1. The number of benzene rings is 1. The summed E-state index contributed by atoms with van der Waals surface area (Å²) in [4.78, 5) is 32.5. The summed E-state index contributed by atoms with van der Waals surface area (Å²) in [6.07, 6.45) is 4.30. The predicted molar refractivity (Wildman–Crippen MR) is 106 cm³/mol. The van der Waals surface area contributed by atoms with Gasteiger partial charge >= 0.3 is 12.0 Å². The number of amides is 1. The van der Waals surface area contributed by atoms with Crippen molar-refractivity contribution < 1.29 is 14.5 Å². The van der Waals surface area contributed by atoms with Crippen LogP contribution in [0, 0.1) is 5.92 Å². The summed E-state index contributed by atoms with van der Waals surface area (Å²) in [5.41, 5.74) is 3.38. The molecule has 0 radical (unpaired) electrons. The van der Waals surface area contributed by atoms with E-state index < -0.39 is 6.09 Å². The number of carboxylic acid groups (broad SMARTS) is 1. The lowest BCUT2D eigenvalue weighted by molar-refractivity contribution is -0.569. The molecule has 10 heteroatoms. The van der Waals surface area contributed by atoms with E-state index in [9.17, 15) is 4.79 Å². The van der Waals surface area contributed by atoms with E-state index in [1.807, 2.05) is 35.2 Å². The van der Waals surface area contributed by atoms with Crippen molar-refractivity contribution in [3.63, 3.8) is 0 Å². The molecule has 148 valence electrons. The van der Waals surface area contributed by atoms with E-state index in [4.69, 9.17) is 10.1 Å². The highest BCUT2D eigenvalue weighted by Crippen LogP contribution is 2.20. The maximum atomic E-state index is 11.1. The van der Waals surface area contributed by atoms with E-state index in [-0.39, 0.29) is 0 Å². The molecule has 10 nitrogen and oxygen atoms in total. The van der Waals surface area contributed by atoms with Crippen molar-refractivity contribution in [1.29, 1.82) is 0 Å². The van der Waals surface area contributed by atoms with Gasteiger partial charge in [0.05, 0.1) is 6.33 Å². The van der Waals surface area contributed by atoms with Gasteiger partial charge in [-0.15, -0.1) is 0 Å². The number of aromatic nitrogens is 6. The van der Waals surface area contributed by atoms with Gasteiger partial charge in [-0.2, -0.15) is 9.55 Å². The quantitative estimate of drug-likeness (QED) is 0.392. The van der Waals surface area contributed by atoms with Crippen LogP contribution in [-0.4, -0.2) is 60.7 Å². The number of carbonyl (C=O) groups is 1. The molecule has 3 aromatic heterocycles. The van der Waals surface area contributed by atoms with Crippen LogP contribution < -0.4 is 9.88 Å². The molecule has 4 aromatic rings. The largest absolute Gasteiger partial charge is 0.465 e. The number of fused-ring (bicyclic) bond motifs is 2. The number of hydrogen-bond acceptors (Lipinski definition) is 5. The molecule has 0 spiro atoms. The van der Waals surface area contributed by atoms with Crippen LogP contribution in [0.15, 0.2) is 36.9 Å². The molecule has 5 rings (SSSR count). The van der Waals surface area contributed by atoms with Crippen LogP contribution >= 0.6 is 0 Å². The molecule has 4 N–H and O–H groups in total. The lowest BCUT2D eigenvalue weighted by Crippen LogP contribution is -2.39. The van der Waals surface area contributed by atoms with Crippen molar-refractivity contribution in [3.05, 3.63) is 36.9 Å². The Morgan fingerprint density at radius 3 is 2.90 bits per heavy atom. The van der Waals surface area contributed by atoms with E-state index in [0.717, 1.165) is 29.4 Å². The Balaban J connectivity index is 1.41. The van der Waals surface area contributed by atoms with Crippen LogP contribution in [0.3, 0.4) is 0 Å². The Hall–Kier alpha value is -3.69. The highest BCUT2D eigenvalue weighted by atomic mass is 16.4. The number of hydrogen-bond donors (Lipinski definition) is 4. The molecule has 1 saturated heterocycles. The average Bonchev–Trinajstić information content (AvgIpc) is 3.39. The van der Waals surface area contributed by atoms with Crippen LogP contribution in [0.4, 0.5) is 10.7 Å². The molecular formula is C19H21N8O2+. The molecule has 1 aliphatic rings. The van der Waals surface area contributed by atoms with Gasteiger partial charge in [-0.05, 0) is 30.9 Å². The summed E-state index contributed by atoms with van der Waals surface area (Å²) in [7, 11) is 0. The van der Waals surface area contributed by atoms with Crippen LogP contribution in [-0.2, 0) is 0 Å². The number of imidazole rings is 2. The topological polar surface area (TPSA) is 127 Å². The van der Waals surface area contributed by atoms with E-state index >= 15 is 0 Å². The number of H-pyrrole nitrogens is 2. The molecule has 1 aromatic carbocycles. The Morgan fingerprint density at radius 1 is 1.24 bits per heavy atom. The molecule has 0 atom stereocenters. The van der Waals surface area contributed by atoms with E-state index in [2.05, 4.69) is 25.3 Å². The Labute approximate surface area is 165 Å². The molecule has 1 aliphatic heterocycles. The van der Waals surface area contributed by atoms with Crippen molar-refractivity contribution >= 4 is 34.2 Å². The maximum Gasteiger partial charge on any atom is 0.407 e. The third kappa shape index (κ3) is 3.22. The highest BCUT2D eigenvalue weighted by Gasteiger charge is 2.24. The van der Waals surface area contributed by atoms with E-state index in [0.29, 0.717) is 43.0 Å². The maximum absolute atomic E-state index is 11.1. The van der Waals surface area contributed by atoms with Gasteiger partial charge in [0.15, 0.2) is 17.5 Å². The van der Waals surface area contributed by atoms with Crippen molar-refractivity contribution in [2.45, 2.75) is 12.8 Å². The molecule has 0 unspecified atom stereocenters. The molecule has 0 saturated carbocycles. The third-order valence-corrected chi connectivity index (χ3v) is 5.44. The summed E-state index contributed by atoms with van der Waals surface area (Å²) in [6.45, 7) is 1.83. The highest BCUT2D eigenvalue weighted by molar-refractivity contribution is 5.79. The standard InChI is InChI=1S/C19H20N8O2/c28-19(29)26-7-5-12(6-8-26)9-20-18-24-16-15(21-10-22-16)17(25-18)27-11-23-13-3-1-2-4-14(13)27/h1-4,10-12H,5-9H2,(H3,20,21,22,24,25,28,29)/p+1. The predicted octanol–water partition coefficient (Wildman–Crippen LogP) is 1.91. The van der Waals surface area contributed by atoms with Crippen LogP contribution in [0.1, 0.15) is 12.8 Å². The fourth-order valence-electron chi connectivity index (χ4n) is 3.82. The van der Waals surface area contributed by atoms with Crippen LogP contribution in [0.5, 0.6) is 0 Å². The average molecular weight is 393 g/mol. The number of nitrogens with one attached hydrogen (secondary N) is 3. The molecule has 1 fully saturated rings. The fraction of sp³-hybridized carbons (Fsp3) is 0.316. The first-order valence-corrected chi connectivity index (χ1v) is 9.60. The zero-order valence-corrected chi connectivity index (χ0v) is 15.7. The number of anilines is 1. The zero-order valence-electron chi connectivity index (χ0n) is 15.7. The van der Waals surface area contributed by atoms with Gasteiger partial charge in [-0.3, -0.25) is 4.98 Å². The van der Waals surface area contributed by atoms with Crippen molar-refractivity contribution in [2.24, 2.45) is 5.92 Å². The number of para-hydroxylation sites is 2. The second kappa shape index (κ2) is 7.04. The molecule has 29 heavy (non-hydrogen) atoms. The Kier molecular flexibility index (Phi) is 4.23. The number of aromatic amines is 2. The lowest BCUT2D eigenvalue weighted by atomic mass is 9.97. The summed E-state index contributed by atoms with van der Waals surface area (Å²) in [5.74, 6) is 1.61. The van der Waals surface area contributed by atoms with Gasteiger partial charge in [0.2, 0.25) is 0 Å². The van der Waals surface area contributed by atoms with Crippen molar-refractivity contribution in [1.82, 2.24) is 29.8 Å². The summed E-state index contributed by atoms with van der Waals surface area (Å²) >= 11 is 0. The first-order chi connectivity index (χ1) is 14.2. The van der Waals surface area contributed by atoms with Crippen molar-refractivity contribution in [2.75, 3.05) is 25.0 Å². The number of rotatable bonds is 4. The summed E-state index contributed by atoms with van der Waals surface area (Å²) in [6, 6.07) is 8.01. The van der Waals surface area contributed by atoms with E-state index in [1.54, 1.807) is 6.33 Å². The minimum Gasteiger partial charge on any atom is -0.465 e. The van der Waals surface area contributed by atoms with Crippen LogP contribution in [0.25, 0.3) is 28.0 Å². The first kappa shape index (κ1) is 17.4. The van der Waals surface area contributed by atoms with Gasteiger partial charge in [-0.1, -0.05) is 17.1 Å². The molecule has 0 aliphatic carbocycles. The molecule has 0 bridgehead atoms. The first-order valence-electron chi connectivity index (χ1n) is 9.60. The summed E-state index contributed by atoms with van der Waals surface area (Å²) < 4.78 is 1.98. The zero-order chi connectivity index (χ0) is 19.8.